The molecule has 6 nitrogen and oxygen atoms in total. The molecule has 0 aliphatic heterocycles. The first-order chi connectivity index (χ1) is 9.21. The summed E-state index contributed by atoms with van der Waals surface area (Å²) in [5, 5.41) is 15.5. The molecule has 0 aromatic carbocycles. The van der Waals surface area contributed by atoms with Crippen molar-refractivity contribution in [2.45, 2.75) is 46.0 Å². The fraction of sp³-hybridized carbons (Fsp3) is 0.692. The van der Waals surface area contributed by atoms with Crippen molar-refractivity contribution in [1.82, 2.24) is 14.9 Å². The maximum absolute atomic E-state index is 12.1. The van der Waals surface area contributed by atoms with Crippen LogP contribution in [0.1, 0.15) is 55.9 Å². The second-order valence-electron chi connectivity index (χ2n) is 5.95. The zero-order valence-electron chi connectivity index (χ0n) is 12.3. The zero-order valence-corrected chi connectivity index (χ0v) is 13.1. The van der Waals surface area contributed by atoms with E-state index in [0.29, 0.717) is 23.5 Å². The Kier molecular flexibility index (Phi) is 5.62. The Hall–Kier alpha value is -1.50. The number of carbonyl (C=O) groups is 2. The minimum atomic E-state index is -0.815. The lowest BCUT2D eigenvalue weighted by Crippen LogP contribution is -2.30. The van der Waals surface area contributed by atoms with Crippen molar-refractivity contribution in [3.05, 3.63) is 10.6 Å². The Balaban J connectivity index is 2.56. The number of carboxylic acid groups (broad SMARTS) is 1. The van der Waals surface area contributed by atoms with Gasteiger partial charge in [-0.25, -0.2) is 0 Å². The first-order valence-corrected chi connectivity index (χ1v) is 7.32. The first kappa shape index (κ1) is 16.6. The van der Waals surface area contributed by atoms with Crippen LogP contribution in [0.2, 0.25) is 0 Å². The molecule has 0 fully saturated rings. The topological polar surface area (TPSA) is 92.2 Å². The molecule has 0 aliphatic rings. The standard InChI is InChI=1S/C13H21N3O3S/c1-8(5-6-9(17)18)7-14-12(19)10-11(13(2,3)4)15-16-20-10/h8H,5-7H2,1-4H3,(H,14,19)(H,17,18). The molecule has 1 unspecified atom stereocenters. The van der Waals surface area contributed by atoms with Crippen molar-refractivity contribution in [2.24, 2.45) is 5.92 Å². The summed E-state index contributed by atoms with van der Waals surface area (Å²) >= 11 is 1.09. The van der Waals surface area contributed by atoms with Gasteiger partial charge >= 0.3 is 5.97 Å². The maximum Gasteiger partial charge on any atom is 0.303 e. The van der Waals surface area contributed by atoms with Crippen molar-refractivity contribution in [1.29, 1.82) is 0 Å². The van der Waals surface area contributed by atoms with Gasteiger partial charge in [0.05, 0.1) is 5.69 Å². The molecule has 0 spiro atoms. The van der Waals surface area contributed by atoms with Gasteiger partial charge in [-0.3, -0.25) is 9.59 Å². The predicted molar refractivity (Wildman–Crippen MR) is 77.0 cm³/mol. The van der Waals surface area contributed by atoms with Gasteiger partial charge in [-0.2, -0.15) is 0 Å². The van der Waals surface area contributed by atoms with E-state index in [1.54, 1.807) is 0 Å². The van der Waals surface area contributed by atoms with Gasteiger partial charge in [-0.1, -0.05) is 32.2 Å². The number of carboxylic acids is 1. The minimum absolute atomic E-state index is 0.117. The Labute approximate surface area is 122 Å². The maximum atomic E-state index is 12.1. The van der Waals surface area contributed by atoms with E-state index in [0.717, 1.165) is 11.5 Å². The number of hydrogen-bond acceptors (Lipinski definition) is 5. The summed E-state index contributed by atoms with van der Waals surface area (Å²) in [7, 11) is 0. The highest BCUT2D eigenvalue weighted by molar-refractivity contribution is 7.08. The third-order valence-corrected chi connectivity index (χ3v) is 3.59. The molecule has 0 radical (unpaired) electrons. The fourth-order valence-electron chi connectivity index (χ4n) is 1.65. The Morgan fingerprint density at radius 2 is 2.05 bits per heavy atom. The molecular weight excluding hydrogens is 278 g/mol. The first-order valence-electron chi connectivity index (χ1n) is 6.54. The van der Waals surface area contributed by atoms with Gasteiger partial charge in [0.25, 0.3) is 5.91 Å². The highest BCUT2D eigenvalue weighted by atomic mass is 32.1. The van der Waals surface area contributed by atoms with Crippen molar-refractivity contribution in [2.75, 3.05) is 6.54 Å². The quantitative estimate of drug-likeness (QED) is 0.839. The lowest BCUT2D eigenvalue weighted by molar-refractivity contribution is -0.137. The summed E-state index contributed by atoms with van der Waals surface area (Å²) in [6, 6.07) is 0. The molecule has 20 heavy (non-hydrogen) atoms. The SMILES string of the molecule is CC(CCC(=O)O)CNC(=O)c1snnc1C(C)(C)C. The average Bonchev–Trinajstić information content (AvgIpc) is 2.82. The van der Waals surface area contributed by atoms with Crippen LogP contribution < -0.4 is 5.32 Å². The predicted octanol–water partition coefficient (Wildman–Crippen LogP) is 2.07. The number of nitrogens with zero attached hydrogens (tertiary/aromatic N) is 2. The van der Waals surface area contributed by atoms with Crippen LogP contribution in [0.15, 0.2) is 0 Å². The van der Waals surface area contributed by atoms with E-state index < -0.39 is 5.97 Å². The molecule has 1 atom stereocenters. The minimum Gasteiger partial charge on any atom is -0.481 e. The molecule has 7 heteroatoms. The fourth-order valence-corrected chi connectivity index (χ4v) is 2.44. The molecule has 1 heterocycles. The molecule has 1 amide bonds. The van der Waals surface area contributed by atoms with Crippen molar-refractivity contribution >= 4 is 23.4 Å². The highest BCUT2D eigenvalue weighted by Gasteiger charge is 2.26. The van der Waals surface area contributed by atoms with Gasteiger partial charge < -0.3 is 10.4 Å². The normalized spacial score (nSPS) is 13.0. The van der Waals surface area contributed by atoms with Gasteiger partial charge in [0, 0.05) is 18.4 Å². The third-order valence-electron chi connectivity index (χ3n) is 2.87. The Morgan fingerprint density at radius 1 is 1.40 bits per heavy atom. The number of nitrogens with one attached hydrogen (secondary N) is 1. The number of aliphatic carboxylic acids is 1. The summed E-state index contributed by atoms with van der Waals surface area (Å²) in [6.07, 6.45) is 0.662. The lowest BCUT2D eigenvalue weighted by atomic mass is 9.91. The van der Waals surface area contributed by atoms with Crippen LogP contribution in [-0.4, -0.2) is 33.1 Å². The van der Waals surface area contributed by atoms with Gasteiger partial charge in [0.15, 0.2) is 0 Å². The van der Waals surface area contributed by atoms with E-state index in [-0.39, 0.29) is 23.7 Å². The van der Waals surface area contributed by atoms with E-state index in [2.05, 4.69) is 14.9 Å². The van der Waals surface area contributed by atoms with Gasteiger partial charge in [0.2, 0.25) is 0 Å². The second-order valence-corrected chi connectivity index (χ2v) is 6.70. The highest BCUT2D eigenvalue weighted by Crippen LogP contribution is 2.25. The molecule has 1 rings (SSSR count). The van der Waals surface area contributed by atoms with E-state index in [4.69, 9.17) is 5.11 Å². The summed E-state index contributed by atoms with van der Waals surface area (Å²) in [6.45, 7) is 8.31. The van der Waals surface area contributed by atoms with Crippen LogP contribution in [-0.2, 0) is 10.2 Å². The van der Waals surface area contributed by atoms with E-state index in [9.17, 15) is 9.59 Å². The second kappa shape index (κ2) is 6.78. The van der Waals surface area contributed by atoms with Crippen LogP contribution >= 0.6 is 11.5 Å². The molecule has 0 saturated heterocycles. The summed E-state index contributed by atoms with van der Waals surface area (Å²) < 4.78 is 3.85. The van der Waals surface area contributed by atoms with Crippen molar-refractivity contribution in [3.63, 3.8) is 0 Å². The molecular formula is C13H21N3O3S. The number of amides is 1. The van der Waals surface area contributed by atoms with E-state index >= 15 is 0 Å². The van der Waals surface area contributed by atoms with Crippen LogP contribution in [0.5, 0.6) is 0 Å². The number of rotatable bonds is 6. The summed E-state index contributed by atoms with van der Waals surface area (Å²) in [5.74, 6) is -0.883. The molecule has 0 saturated carbocycles. The van der Waals surface area contributed by atoms with Crippen LogP contribution in [0.25, 0.3) is 0 Å². The van der Waals surface area contributed by atoms with E-state index in [1.807, 2.05) is 27.7 Å². The lowest BCUT2D eigenvalue weighted by Gasteiger charge is -2.17. The van der Waals surface area contributed by atoms with Crippen LogP contribution in [0.4, 0.5) is 0 Å². The van der Waals surface area contributed by atoms with Gasteiger partial charge in [-0.05, 0) is 23.9 Å². The molecule has 0 aliphatic carbocycles. The number of carbonyl (C=O) groups excluding carboxylic acids is 1. The van der Waals surface area contributed by atoms with E-state index in [1.165, 1.54) is 0 Å². The molecule has 1 aromatic rings. The number of aromatic nitrogens is 2. The van der Waals surface area contributed by atoms with Crippen molar-refractivity contribution < 1.29 is 14.7 Å². The molecule has 1 aromatic heterocycles. The Bertz CT molecular complexity index is 479. The molecule has 0 bridgehead atoms. The average molecular weight is 299 g/mol. The van der Waals surface area contributed by atoms with Gasteiger partial charge in [-0.15, -0.1) is 5.10 Å². The molecule has 112 valence electrons. The number of hydrogen-bond donors (Lipinski definition) is 2. The van der Waals surface area contributed by atoms with Crippen molar-refractivity contribution in [3.8, 4) is 0 Å². The summed E-state index contributed by atoms with van der Waals surface area (Å²) in [5.41, 5.74) is 0.465. The van der Waals surface area contributed by atoms with Crippen LogP contribution in [0, 0.1) is 5.92 Å². The Morgan fingerprint density at radius 3 is 2.60 bits per heavy atom. The third kappa shape index (κ3) is 4.88. The van der Waals surface area contributed by atoms with Crippen LogP contribution in [0.3, 0.4) is 0 Å². The largest absolute Gasteiger partial charge is 0.481 e. The summed E-state index contributed by atoms with van der Waals surface area (Å²) in [4.78, 5) is 23.1. The van der Waals surface area contributed by atoms with Gasteiger partial charge in [0.1, 0.15) is 4.88 Å². The molecule has 2 N–H and O–H groups in total. The smallest absolute Gasteiger partial charge is 0.303 e. The zero-order chi connectivity index (χ0) is 15.3. The monoisotopic (exact) mass is 299 g/mol.